The fourth-order valence-corrected chi connectivity index (χ4v) is 3.70. The maximum Gasteiger partial charge on any atom is 0.241 e. The Morgan fingerprint density at radius 3 is 2.29 bits per heavy atom. The Bertz CT molecular complexity index is 749. The van der Waals surface area contributed by atoms with Gasteiger partial charge in [-0.05, 0) is 44.5 Å². The number of halogens is 1. The van der Waals surface area contributed by atoms with Crippen molar-refractivity contribution in [3.05, 3.63) is 54.3 Å². The molecule has 0 aliphatic carbocycles. The van der Waals surface area contributed by atoms with Gasteiger partial charge in [-0.3, -0.25) is 0 Å². The van der Waals surface area contributed by atoms with E-state index in [4.69, 9.17) is 0 Å². The molecule has 3 nitrogen and oxygen atoms in total. The van der Waals surface area contributed by atoms with Crippen molar-refractivity contribution in [3.8, 4) is 11.1 Å². The van der Waals surface area contributed by atoms with Crippen LogP contribution in [0.15, 0.2) is 53.4 Å². The molecule has 0 radical (unpaired) electrons. The second-order valence-corrected chi connectivity index (χ2v) is 7.51. The second-order valence-electron chi connectivity index (χ2n) is 5.86. The molecule has 5 heteroatoms. The van der Waals surface area contributed by atoms with E-state index < -0.39 is 21.4 Å². The summed E-state index contributed by atoms with van der Waals surface area (Å²) in [5.74, 6) is -0.400. The Labute approximate surface area is 124 Å². The van der Waals surface area contributed by atoms with E-state index in [1.807, 2.05) is 0 Å². The van der Waals surface area contributed by atoms with Crippen LogP contribution in [0.4, 0.5) is 4.39 Å². The SMILES string of the molecule is CC(C)(C)NS(=O)(=O)c1ccccc1-c1cccc(F)c1. The van der Waals surface area contributed by atoms with E-state index in [0.29, 0.717) is 11.1 Å². The Hall–Kier alpha value is -1.72. The molecule has 21 heavy (non-hydrogen) atoms. The molecule has 0 aromatic heterocycles. The third-order valence-electron chi connectivity index (χ3n) is 2.75. The quantitative estimate of drug-likeness (QED) is 0.942. The molecule has 2 rings (SSSR count). The van der Waals surface area contributed by atoms with Crippen LogP contribution in [0.1, 0.15) is 20.8 Å². The molecule has 2 aromatic carbocycles. The smallest absolute Gasteiger partial charge is 0.207 e. The van der Waals surface area contributed by atoms with E-state index in [-0.39, 0.29) is 4.90 Å². The van der Waals surface area contributed by atoms with Crippen molar-refractivity contribution in [2.24, 2.45) is 0 Å². The molecule has 0 aliphatic rings. The van der Waals surface area contributed by atoms with Crippen molar-refractivity contribution in [2.45, 2.75) is 31.2 Å². The summed E-state index contributed by atoms with van der Waals surface area (Å²) < 4.78 is 41.0. The third kappa shape index (κ3) is 3.89. The van der Waals surface area contributed by atoms with E-state index in [1.54, 1.807) is 51.1 Å². The summed E-state index contributed by atoms with van der Waals surface area (Å²) in [6, 6.07) is 12.5. The zero-order valence-corrected chi connectivity index (χ0v) is 13.0. The average molecular weight is 307 g/mol. The lowest BCUT2D eigenvalue weighted by Gasteiger charge is -2.21. The monoisotopic (exact) mass is 307 g/mol. The first-order chi connectivity index (χ1) is 9.69. The van der Waals surface area contributed by atoms with Gasteiger partial charge in [0.15, 0.2) is 0 Å². The largest absolute Gasteiger partial charge is 0.241 e. The zero-order valence-electron chi connectivity index (χ0n) is 12.2. The Balaban J connectivity index is 2.57. The maximum atomic E-state index is 13.4. The van der Waals surface area contributed by atoms with Gasteiger partial charge in [0.25, 0.3) is 0 Å². The summed E-state index contributed by atoms with van der Waals surface area (Å²) in [6.45, 7) is 5.32. The molecule has 0 heterocycles. The average Bonchev–Trinajstić information content (AvgIpc) is 2.36. The first-order valence-corrected chi connectivity index (χ1v) is 8.06. The number of hydrogen-bond donors (Lipinski definition) is 1. The standard InChI is InChI=1S/C16H18FNO2S/c1-16(2,3)18-21(19,20)15-10-5-4-9-14(15)12-7-6-8-13(17)11-12/h4-11,18H,1-3H3. The van der Waals surface area contributed by atoms with Gasteiger partial charge in [-0.1, -0.05) is 30.3 Å². The van der Waals surface area contributed by atoms with Crippen molar-refractivity contribution in [2.75, 3.05) is 0 Å². The molecule has 1 N–H and O–H groups in total. The number of benzene rings is 2. The van der Waals surface area contributed by atoms with Crippen LogP contribution in [0, 0.1) is 5.82 Å². The van der Waals surface area contributed by atoms with Crippen molar-refractivity contribution in [1.29, 1.82) is 0 Å². The highest BCUT2D eigenvalue weighted by Crippen LogP contribution is 2.28. The summed E-state index contributed by atoms with van der Waals surface area (Å²) in [7, 11) is -3.68. The molecule has 0 fully saturated rings. The molecule has 112 valence electrons. The van der Waals surface area contributed by atoms with E-state index in [0.717, 1.165) is 0 Å². The number of sulfonamides is 1. The molecule has 0 saturated heterocycles. The van der Waals surface area contributed by atoms with Crippen molar-refractivity contribution in [3.63, 3.8) is 0 Å². The van der Waals surface area contributed by atoms with Gasteiger partial charge in [-0.2, -0.15) is 0 Å². The van der Waals surface area contributed by atoms with Crippen LogP contribution < -0.4 is 4.72 Å². The van der Waals surface area contributed by atoms with E-state index in [9.17, 15) is 12.8 Å². The lowest BCUT2D eigenvalue weighted by molar-refractivity contribution is 0.491. The van der Waals surface area contributed by atoms with Crippen LogP contribution in [-0.2, 0) is 10.0 Å². The molecule has 0 bridgehead atoms. The first-order valence-electron chi connectivity index (χ1n) is 6.58. The van der Waals surface area contributed by atoms with E-state index in [1.165, 1.54) is 18.2 Å². The van der Waals surface area contributed by atoms with Gasteiger partial charge in [-0.25, -0.2) is 17.5 Å². The lowest BCUT2D eigenvalue weighted by atomic mass is 10.1. The minimum Gasteiger partial charge on any atom is -0.207 e. The van der Waals surface area contributed by atoms with Crippen molar-refractivity contribution in [1.82, 2.24) is 4.72 Å². The number of nitrogens with one attached hydrogen (secondary N) is 1. The fourth-order valence-electron chi connectivity index (χ4n) is 2.05. The second kappa shape index (κ2) is 5.58. The van der Waals surface area contributed by atoms with Crippen molar-refractivity contribution >= 4 is 10.0 Å². The first kappa shape index (κ1) is 15.7. The van der Waals surface area contributed by atoms with Crippen LogP contribution in [0.5, 0.6) is 0 Å². The normalized spacial score (nSPS) is 12.4. The molecular formula is C16H18FNO2S. The molecule has 0 amide bonds. The summed E-state index contributed by atoms with van der Waals surface area (Å²) in [4.78, 5) is 0.144. The van der Waals surface area contributed by atoms with Crippen LogP contribution in [0.25, 0.3) is 11.1 Å². The Morgan fingerprint density at radius 2 is 1.67 bits per heavy atom. The highest BCUT2D eigenvalue weighted by Gasteiger charge is 2.24. The maximum absolute atomic E-state index is 13.4. The van der Waals surface area contributed by atoms with Crippen LogP contribution >= 0.6 is 0 Å². The fraction of sp³-hybridized carbons (Fsp3) is 0.250. The van der Waals surface area contributed by atoms with Gasteiger partial charge in [-0.15, -0.1) is 0 Å². The highest BCUT2D eigenvalue weighted by atomic mass is 32.2. The zero-order chi connectivity index (χ0) is 15.7. The Morgan fingerprint density at radius 1 is 1.00 bits per heavy atom. The van der Waals surface area contributed by atoms with Gasteiger partial charge >= 0.3 is 0 Å². The van der Waals surface area contributed by atoms with Crippen molar-refractivity contribution < 1.29 is 12.8 Å². The van der Waals surface area contributed by atoms with Crippen LogP contribution in [0.3, 0.4) is 0 Å². The molecule has 0 saturated carbocycles. The minimum absolute atomic E-state index is 0.144. The minimum atomic E-state index is -3.68. The van der Waals surface area contributed by atoms with Crippen LogP contribution in [-0.4, -0.2) is 14.0 Å². The Kier molecular flexibility index (Phi) is 4.16. The predicted octanol–water partition coefficient (Wildman–Crippen LogP) is 3.57. The molecule has 0 atom stereocenters. The number of hydrogen-bond acceptors (Lipinski definition) is 2. The van der Waals surface area contributed by atoms with E-state index >= 15 is 0 Å². The van der Waals surface area contributed by atoms with Gasteiger partial charge < -0.3 is 0 Å². The summed E-state index contributed by atoms with van der Waals surface area (Å²) >= 11 is 0. The van der Waals surface area contributed by atoms with Gasteiger partial charge in [0.1, 0.15) is 5.82 Å². The molecule has 0 spiro atoms. The van der Waals surface area contributed by atoms with Gasteiger partial charge in [0.05, 0.1) is 4.90 Å². The van der Waals surface area contributed by atoms with E-state index in [2.05, 4.69) is 4.72 Å². The summed E-state index contributed by atoms with van der Waals surface area (Å²) in [5, 5.41) is 0. The summed E-state index contributed by atoms with van der Waals surface area (Å²) in [6.07, 6.45) is 0. The molecule has 2 aromatic rings. The molecule has 0 aliphatic heterocycles. The van der Waals surface area contributed by atoms with Crippen LogP contribution in [0.2, 0.25) is 0 Å². The number of rotatable bonds is 3. The predicted molar refractivity (Wildman–Crippen MR) is 81.9 cm³/mol. The highest BCUT2D eigenvalue weighted by molar-refractivity contribution is 7.89. The molecule has 0 unspecified atom stereocenters. The molecular weight excluding hydrogens is 289 g/mol. The van der Waals surface area contributed by atoms with Gasteiger partial charge in [0.2, 0.25) is 10.0 Å². The lowest BCUT2D eigenvalue weighted by Crippen LogP contribution is -2.40. The summed E-state index contributed by atoms with van der Waals surface area (Å²) in [5.41, 5.74) is 0.423. The third-order valence-corrected chi connectivity index (χ3v) is 4.57. The van der Waals surface area contributed by atoms with Gasteiger partial charge in [0, 0.05) is 11.1 Å². The topological polar surface area (TPSA) is 46.2 Å².